The molecule has 0 saturated carbocycles. The molecule has 2 rings (SSSR count). The Labute approximate surface area is 97.6 Å². The molecule has 0 fully saturated rings. The molecule has 1 unspecified atom stereocenters. The molecule has 0 spiro atoms. The Morgan fingerprint density at radius 2 is 2.12 bits per heavy atom. The van der Waals surface area contributed by atoms with Crippen LogP contribution in [-0.2, 0) is 0 Å². The number of ether oxygens (including phenoxy) is 1. The van der Waals surface area contributed by atoms with E-state index in [-0.39, 0.29) is 11.9 Å². The highest BCUT2D eigenvalue weighted by Crippen LogP contribution is 2.18. The van der Waals surface area contributed by atoms with Crippen molar-refractivity contribution < 1.29 is 17.7 Å². The molecule has 0 saturated heterocycles. The van der Waals surface area contributed by atoms with Crippen LogP contribution in [-0.4, -0.2) is 18.1 Å². The number of hydrogen-bond donors (Lipinski definition) is 0. The molecule has 1 aromatic heterocycles. The van der Waals surface area contributed by atoms with Gasteiger partial charge in [0.15, 0.2) is 0 Å². The molecule has 1 aliphatic carbocycles. The van der Waals surface area contributed by atoms with E-state index >= 15 is 0 Å². The molecule has 0 aromatic carbocycles. The minimum Gasteiger partial charge on any atom is -0.485 e. The summed E-state index contributed by atoms with van der Waals surface area (Å²) < 4.78 is 42.9. The Kier molecular flexibility index (Phi) is 3.40. The van der Waals surface area contributed by atoms with Crippen LogP contribution in [0.15, 0.2) is 30.6 Å². The van der Waals surface area contributed by atoms with Gasteiger partial charge in [-0.1, -0.05) is 11.5 Å². The van der Waals surface area contributed by atoms with Crippen LogP contribution in [0.5, 0.6) is 5.75 Å². The van der Waals surface area contributed by atoms with Crippen molar-refractivity contribution in [1.29, 1.82) is 0 Å². The third-order valence-corrected chi connectivity index (χ3v) is 2.61. The zero-order valence-corrected chi connectivity index (χ0v) is 9.15. The summed E-state index contributed by atoms with van der Waals surface area (Å²) in [5.41, 5.74) is -0.720. The Morgan fingerprint density at radius 3 is 2.76 bits per heavy atom. The molecule has 1 aromatic rings. The Balaban J connectivity index is 2.11. The van der Waals surface area contributed by atoms with E-state index in [1.165, 1.54) is 6.20 Å². The van der Waals surface area contributed by atoms with Gasteiger partial charge in [-0.25, -0.2) is 0 Å². The van der Waals surface area contributed by atoms with Gasteiger partial charge in [-0.15, -0.1) is 0 Å². The van der Waals surface area contributed by atoms with Crippen molar-refractivity contribution in [2.24, 2.45) is 0 Å². The van der Waals surface area contributed by atoms with Gasteiger partial charge in [0.1, 0.15) is 11.9 Å². The lowest BCUT2D eigenvalue weighted by atomic mass is 9.81. The van der Waals surface area contributed by atoms with Crippen LogP contribution >= 0.6 is 0 Å². The summed E-state index contributed by atoms with van der Waals surface area (Å²) in [5, 5.41) is 0. The predicted molar refractivity (Wildman–Crippen MR) is 60.4 cm³/mol. The first kappa shape index (κ1) is 12.0. The molecular weight excluding hydrogens is 230 g/mol. The van der Waals surface area contributed by atoms with Gasteiger partial charge in [0.2, 0.25) is 0 Å². The lowest BCUT2D eigenvalue weighted by Gasteiger charge is -2.20. The van der Waals surface area contributed by atoms with Gasteiger partial charge < -0.3 is 17.7 Å². The third-order valence-electron chi connectivity index (χ3n) is 2.61. The van der Waals surface area contributed by atoms with E-state index in [9.17, 15) is 12.9 Å². The second-order valence-electron chi connectivity index (χ2n) is 4.04. The summed E-state index contributed by atoms with van der Waals surface area (Å²) in [5.74, 6) is 0.179. The van der Waals surface area contributed by atoms with Crippen LogP contribution in [0.4, 0.5) is 12.9 Å². The summed E-state index contributed by atoms with van der Waals surface area (Å²) in [6, 6.07) is 1.01. The second-order valence-corrected chi connectivity index (χ2v) is 4.04. The van der Waals surface area contributed by atoms with Crippen LogP contribution in [0.3, 0.4) is 0 Å². The van der Waals surface area contributed by atoms with Gasteiger partial charge in [0.05, 0.1) is 6.20 Å². The molecule has 1 aliphatic rings. The van der Waals surface area contributed by atoms with E-state index in [4.69, 9.17) is 4.74 Å². The van der Waals surface area contributed by atoms with Gasteiger partial charge in [-0.3, -0.25) is 4.98 Å². The maximum atomic E-state index is 12.5. The minimum atomic E-state index is -5.02. The summed E-state index contributed by atoms with van der Waals surface area (Å²) in [6.07, 6.45) is 8.70. The molecule has 6 heteroatoms. The molecule has 0 bridgehead atoms. The van der Waals surface area contributed by atoms with Crippen LogP contribution in [0.25, 0.3) is 0 Å². The molecule has 17 heavy (non-hydrogen) atoms. The lowest BCUT2D eigenvalue weighted by Crippen LogP contribution is -2.34. The Hall–Kier alpha value is -1.46. The Bertz CT molecular complexity index is 419. The minimum absolute atomic E-state index is 0.137. The molecule has 0 amide bonds. The molecule has 2 nitrogen and oxygen atoms in total. The van der Waals surface area contributed by atoms with E-state index in [0.717, 1.165) is 31.5 Å². The maximum absolute atomic E-state index is 12.5. The summed E-state index contributed by atoms with van der Waals surface area (Å²) in [4.78, 5) is 3.56. The molecule has 0 N–H and O–H groups in total. The topological polar surface area (TPSA) is 22.1 Å². The fourth-order valence-electron chi connectivity index (χ4n) is 1.73. The van der Waals surface area contributed by atoms with Gasteiger partial charge >= 0.3 is 6.98 Å². The first-order chi connectivity index (χ1) is 8.05. The number of rotatable bonds is 3. The molecule has 0 radical (unpaired) electrons. The van der Waals surface area contributed by atoms with Crippen molar-refractivity contribution in [2.75, 3.05) is 0 Å². The maximum Gasteiger partial charge on any atom is 0.511 e. The number of allylic oxidation sites excluding steroid dienone is 1. The molecule has 92 valence electrons. The summed E-state index contributed by atoms with van der Waals surface area (Å²) in [7, 11) is 0. The lowest BCUT2D eigenvalue weighted by molar-refractivity contribution is 0.229. The van der Waals surface area contributed by atoms with E-state index in [1.807, 2.05) is 12.2 Å². The highest BCUT2D eigenvalue weighted by Gasteiger charge is 2.26. The molecule has 1 atom stereocenters. The van der Waals surface area contributed by atoms with Crippen molar-refractivity contribution in [3.8, 4) is 5.75 Å². The zero-order valence-electron chi connectivity index (χ0n) is 9.15. The highest BCUT2D eigenvalue weighted by molar-refractivity contribution is 6.73. The average molecular weight is 242 g/mol. The highest BCUT2D eigenvalue weighted by atomic mass is 19.4. The quantitative estimate of drug-likeness (QED) is 0.600. The SMILES string of the molecule is F[B-](F)(F)c1cncc(OC2C=CCCC2)c1. The number of pyridine rings is 1. The van der Waals surface area contributed by atoms with Crippen molar-refractivity contribution >= 4 is 12.4 Å². The average Bonchev–Trinajstić information content (AvgIpc) is 2.29. The number of halogens is 3. The normalized spacial score (nSPS) is 20.3. The molecule has 0 aliphatic heterocycles. The largest absolute Gasteiger partial charge is 0.511 e. The van der Waals surface area contributed by atoms with Crippen molar-refractivity contribution in [1.82, 2.24) is 4.98 Å². The fourth-order valence-corrected chi connectivity index (χ4v) is 1.73. The van der Waals surface area contributed by atoms with Gasteiger partial charge in [-0.05, 0) is 31.4 Å². The van der Waals surface area contributed by atoms with Crippen molar-refractivity contribution in [3.63, 3.8) is 0 Å². The summed E-state index contributed by atoms with van der Waals surface area (Å²) >= 11 is 0. The summed E-state index contributed by atoms with van der Waals surface area (Å²) in [6.45, 7) is -5.02. The van der Waals surface area contributed by atoms with E-state index in [0.29, 0.717) is 0 Å². The first-order valence-electron chi connectivity index (χ1n) is 5.54. The van der Waals surface area contributed by atoms with Crippen molar-refractivity contribution in [3.05, 3.63) is 30.6 Å². The van der Waals surface area contributed by atoms with Gasteiger partial charge in [0, 0.05) is 6.20 Å². The second kappa shape index (κ2) is 4.81. The standard InChI is InChI=1S/C11H12BF3NO/c13-12(14,15)9-6-11(8-16-7-9)17-10-4-2-1-3-5-10/h2,4,6-8,10H,1,3,5H2/q-1. The van der Waals surface area contributed by atoms with Crippen LogP contribution in [0.1, 0.15) is 19.3 Å². The monoisotopic (exact) mass is 242 g/mol. The van der Waals surface area contributed by atoms with Crippen LogP contribution in [0.2, 0.25) is 0 Å². The number of nitrogens with zero attached hydrogens (tertiary/aromatic N) is 1. The third kappa shape index (κ3) is 3.25. The van der Waals surface area contributed by atoms with Crippen LogP contribution < -0.4 is 10.2 Å². The predicted octanol–water partition coefficient (Wildman–Crippen LogP) is 2.62. The fraction of sp³-hybridized carbons (Fsp3) is 0.364. The van der Waals surface area contributed by atoms with Crippen LogP contribution in [0, 0.1) is 0 Å². The Morgan fingerprint density at radius 1 is 1.29 bits per heavy atom. The van der Waals surface area contributed by atoms with Gasteiger partial charge in [0.25, 0.3) is 0 Å². The molecule has 1 heterocycles. The van der Waals surface area contributed by atoms with Crippen molar-refractivity contribution in [2.45, 2.75) is 25.4 Å². The zero-order chi connectivity index (χ0) is 12.3. The number of aromatic nitrogens is 1. The molecular formula is C11H12BF3NO-. The van der Waals surface area contributed by atoms with E-state index in [2.05, 4.69) is 4.98 Å². The van der Waals surface area contributed by atoms with Gasteiger partial charge in [-0.2, -0.15) is 0 Å². The smallest absolute Gasteiger partial charge is 0.485 e. The van der Waals surface area contributed by atoms with E-state index in [1.54, 1.807) is 0 Å². The number of hydrogen-bond acceptors (Lipinski definition) is 2. The first-order valence-corrected chi connectivity index (χ1v) is 5.54. The van der Waals surface area contributed by atoms with E-state index < -0.39 is 12.4 Å².